The molecule has 88 valence electrons. The summed E-state index contributed by atoms with van der Waals surface area (Å²) in [6.07, 6.45) is 0.970. The predicted molar refractivity (Wildman–Crippen MR) is 68.4 cm³/mol. The molecule has 0 atom stereocenters. The van der Waals surface area contributed by atoms with Crippen molar-refractivity contribution >= 4 is 21.8 Å². The monoisotopic (exact) mass is 285 g/mol. The van der Waals surface area contributed by atoms with Gasteiger partial charge in [-0.25, -0.2) is 0 Å². The second-order valence-corrected chi connectivity index (χ2v) is 4.07. The standard InChI is InChI=1S/C12H16BrNO2/c1-2-14-12(15)10-4-6-11(7-5-10)16-9-3-8-13/h4-7H,2-3,8-9H2,1H3,(H,14,15). The van der Waals surface area contributed by atoms with Crippen molar-refractivity contribution < 1.29 is 9.53 Å². The highest BCUT2D eigenvalue weighted by Crippen LogP contribution is 2.12. The molecule has 1 rings (SSSR count). The van der Waals surface area contributed by atoms with Gasteiger partial charge in [-0.05, 0) is 37.6 Å². The summed E-state index contributed by atoms with van der Waals surface area (Å²) in [6.45, 7) is 3.23. The van der Waals surface area contributed by atoms with Gasteiger partial charge in [0, 0.05) is 17.4 Å². The number of rotatable bonds is 6. The van der Waals surface area contributed by atoms with Crippen molar-refractivity contribution in [3.8, 4) is 5.75 Å². The highest BCUT2D eigenvalue weighted by molar-refractivity contribution is 9.09. The van der Waals surface area contributed by atoms with Gasteiger partial charge in [0.2, 0.25) is 0 Å². The SMILES string of the molecule is CCNC(=O)c1ccc(OCCCBr)cc1. The molecule has 0 aromatic heterocycles. The summed E-state index contributed by atoms with van der Waals surface area (Å²) in [4.78, 5) is 11.5. The van der Waals surface area contributed by atoms with Crippen molar-refractivity contribution in [2.24, 2.45) is 0 Å². The normalized spacial score (nSPS) is 9.88. The van der Waals surface area contributed by atoms with Crippen LogP contribution in [0.1, 0.15) is 23.7 Å². The Morgan fingerprint density at radius 3 is 2.62 bits per heavy atom. The fourth-order valence-corrected chi connectivity index (χ4v) is 1.44. The third kappa shape index (κ3) is 4.23. The topological polar surface area (TPSA) is 38.3 Å². The lowest BCUT2D eigenvalue weighted by Crippen LogP contribution is -2.22. The van der Waals surface area contributed by atoms with Crippen molar-refractivity contribution in [1.82, 2.24) is 5.32 Å². The molecule has 0 heterocycles. The van der Waals surface area contributed by atoms with Gasteiger partial charge in [-0.15, -0.1) is 0 Å². The molecule has 0 aliphatic rings. The first-order valence-electron chi connectivity index (χ1n) is 5.35. The van der Waals surface area contributed by atoms with Crippen LogP contribution in [0.15, 0.2) is 24.3 Å². The number of carbonyl (C=O) groups is 1. The molecular weight excluding hydrogens is 270 g/mol. The van der Waals surface area contributed by atoms with E-state index in [2.05, 4.69) is 21.2 Å². The number of nitrogens with one attached hydrogen (secondary N) is 1. The molecule has 0 bridgehead atoms. The summed E-state index contributed by atoms with van der Waals surface area (Å²) < 4.78 is 5.48. The van der Waals surface area contributed by atoms with Crippen LogP contribution in [-0.2, 0) is 0 Å². The Kier molecular flexibility index (Phi) is 5.93. The quantitative estimate of drug-likeness (QED) is 0.645. The summed E-state index contributed by atoms with van der Waals surface area (Å²) in [5.41, 5.74) is 0.662. The van der Waals surface area contributed by atoms with Gasteiger partial charge in [-0.3, -0.25) is 4.79 Å². The van der Waals surface area contributed by atoms with E-state index in [-0.39, 0.29) is 5.91 Å². The van der Waals surface area contributed by atoms with E-state index in [1.165, 1.54) is 0 Å². The summed E-state index contributed by atoms with van der Waals surface area (Å²) in [7, 11) is 0. The first-order valence-corrected chi connectivity index (χ1v) is 6.47. The number of benzene rings is 1. The number of halogens is 1. The molecule has 0 radical (unpaired) electrons. The van der Waals surface area contributed by atoms with Crippen LogP contribution in [0.5, 0.6) is 5.75 Å². The van der Waals surface area contributed by atoms with Crippen molar-refractivity contribution in [3.05, 3.63) is 29.8 Å². The molecular formula is C12H16BrNO2. The first kappa shape index (κ1) is 13.0. The number of ether oxygens (including phenoxy) is 1. The van der Waals surface area contributed by atoms with E-state index >= 15 is 0 Å². The Morgan fingerprint density at radius 1 is 1.38 bits per heavy atom. The molecule has 0 saturated heterocycles. The maximum atomic E-state index is 11.5. The lowest BCUT2D eigenvalue weighted by atomic mass is 10.2. The molecule has 0 aliphatic heterocycles. The van der Waals surface area contributed by atoms with E-state index < -0.39 is 0 Å². The smallest absolute Gasteiger partial charge is 0.251 e. The van der Waals surface area contributed by atoms with Crippen LogP contribution in [0.3, 0.4) is 0 Å². The second kappa shape index (κ2) is 7.28. The first-order chi connectivity index (χ1) is 7.77. The average Bonchev–Trinajstić information content (AvgIpc) is 2.30. The molecule has 16 heavy (non-hydrogen) atoms. The van der Waals surface area contributed by atoms with E-state index in [1.54, 1.807) is 12.1 Å². The van der Waals surface area contributed by atoms with Gasteiger partial charge in [0.25, 0.3) is 5.91 Å². The molecule has 1 amide bonds. The van der Waals surface area contributed by atoms with Crippen LogP contribution in [0.4, 0.5) is 0 Å². The summed E-state index contributed by atoms with van der Waals surface area (Å²) in [6, 6.07) is 7.18. The zero-order valence-corrected chi connectivity index (χ0v) is 10.9. The zero-order chi connectivity index (χ0) is 11.8. The average molecular weight is 286 g/mol. The van der Waals surface area contributed by atoms with Gasteiger partial charge >= 0.3 is 0 Å². The highest BCUT2D eigenvalue weighted by atomic mass is 79.9. The number of hydrogen-bond donors (Lipinski definition) is 1. The number of carbonyl (C=O) groups excluding carboxylic acids is 1. The van der Waals surface area contributed by atoms with Crippen molar-refractivity contribution in [2.75, 3.05) is 18.5 Å². The zero-order valence-electron chi connectivity index (χ0n) is 9.33. The Balaban J connectivity index is 2.50. The molecule has 1 N–H and O–H groups in total. The molecule has 0 unspecified atom stereocenters. The minimum atomic E-state index is -0.0468. The fraction of sp³-hybridized carbons (Fsp3) is 0.417. The maximum Gasteiger partial charge on any atom is 0.251 e. The molecule has 4 heteroatoms. The minimum absolute atomic E-state index is 0.0468. The third-order valence-corrected chi connectivity index (χ3v) is 2.56. The van der Waals surface area contributed by atoms with Crippen LogP contribution in [0, 0.1) is 0 Å². The lowest BCUT2D eigenvalue weighted by Gasteiger charge is -2.06. The van der Waals surface area contributed by atoms with Crippen LogP contribution in [0.2, 0.25) is 0 Å². The minimum Gasteiger partial charge on any atom is -0.494 e. The van der Waals surface area contributed by atoms with Crippen LogP contribution in [0.25, 0.3) is 0 Å². The van der Waals surface area contributed by atoms with Gasteiger partial charge in [-0.2, -0.15) is 0 Å². The molecule has 0 fully saturated rings. The van der Waals surface area contributed by atoms with E-state index in [1.807, 2.05) is 19.1 Å². The summed E-state index contributed by atoms with van der Waals surface area (Å²) in [5.74, 6) is 0.753. The molecule has 1 aromatic rings. The maximum absolute atomic E-state index is 11.5. The molecule has 1 aromatic carbocycles. The fourth-order valence-electron chi connectivity index (χ4n) is 1.21. The Labute approximate surface area is 104 Å². The van der Waals surface area contributed by atoms with Crippen LogP contribution in [-0.4, -0.2) is 24.4 Å². The van der Waals surface area contributed by atoms with Crippen LogP contribution >= 0.6 is 15.9 Å². The van der Waals surface area contributed by atoms with Gasteiger partial charge < -0.3 is 10.1 Å². The largest absolute Gasteiger partial charge is 0.494 e. The van der Waals surface area contributed by atoms with E-state index in [0.717, 1.165) is 17.5 Å². The summed E-state index contributed by atoms with van der Waals surface area (Å²) >= 11 is 3.34. The molecule has 3 nitrogen and oxygen atoms in total. The van der Waals surface area contributed by atoms with Gasteiger partial charge in [-0.1, -0.05) is 15.9 Å². The van der Waals surface area contributed by atoms with Gasteiger partial charge in [0.15, 0.2) is 0 Å². The number of hydrogen-bond acceptors (Lipinski definition) is 2. The van der Waals surface area contributed by atoms with E-state index in [4.69, 9.17) is 4.74 Å². The van der Waals surface area contributed by atoms with Gasteiger partial charge in [0.1, 0.15) is 5.75 Å². The van der Waals surface area contributed by atoms with Crippen molar-refractivity contribution in [3.63, 3.8) is 0 Å². The van der Waals surface area contributed by atoms with E-state index in [0.29, 0.717) is 18.7 Å². The molecule has 0 spiro atoms. The van der Waals surface area contributed by atoms with Crippen molar-refractivity contribution in [2.45, 2.75) is 13.3 Å². The second-order valence-electron chi connectivity index (χ2n) is 3.27. The summed E-state index contributed by atoms with van der Waals surface area (Å²) in [5, 5.41) is 3.68. The Hall–Kier alpha value is -1.03. The highest BCUT2D eigenvalue weighted by Gasteiger charge is 2.03. The third-order valence-electron chi connectivity index (χ3n) is 2.00. The Morgan fingerprint density at radius 2 is 2.06 bits per heavy atom. The van der Waals surface area contributed by atoms with Crippen molar-refractivity contribution in [1.29, 1.82) is 0 Å². The Bertz CT molecular complexity index is 324. The van der Waals surface area contributed by atoms with E-state index in [9.17, 15) is 4.79 Å². The molecule has 0 saturated carbocycles. The molecule has 0 aliphatic carbocycles. The number of amides is 1. The lowest BCUT2D eigenvalue weighted by molar-refractivity contribution is 0.0956. The predicted octanol–water partition coefficient (Wildman–Crippen LogP) is 2.60. The number of alkyl halides is 1. The van der Waals surface area contributed by atoms with Gasteiger partial charge in [0.05, 0.1) is 6.61 Å². The van der Waals surface area contributed by atoms with Crippen LogP contribution < -0.4 is 10.1 Å².